The Morgan fingerprint density at radius 1 is 1.04 bits per heavy atom. The number of fused-ring (bicyclic) bond motifs is 1. The quantitative estimate of drug-likeness (QED) is 0.527. The van der Waals surface area contributed by atoms with E-state index in [2.05, 4.69) is 6.07 Å². The highest BCUT2D eigenvalue weighted by atomic mass is 16.5. The van der Waals surface area contributed by atoms with Crippen LogP contribution in [0.2, 0.25) is 0 Å². The highest BCUT2D eigenvalue weighted by Gasteiger charge is 2.15. The van der Waals surface area contributed by atoms with Crippen molar-refractivity contribution in [2.24, 2.45) is 0 Å². The second-order valence-electron chi connectivity index (χ2n) is 6.49. The van der Waals surface area contributed by atoms with E-state index in [0.29, 0.717) is 17.9 Å². The van der Waals surface area contributed by atoms with Crippen molar-refractivity contribution in [3.63, 3.8) is 0 Å². The number of benzene rings is 3. The molecule has 0 aliphatic carbocycles. The highest BCUT2D eigenvalue weighted by Crippen LogP contribution is 2.33. The summed E-state index contributed by atoms with van der Waals surface area (Å²) in [5, 5.41) is 10.5. The van der Waals surface area contributed by atoms with Crippen molar-refractivity contribution >= 4 is 16.6 Å². The number of aryl methyl sites for hydroxylation is 1. The molecule has 0 amide bonds. The molecule has 0 saturated heterocycles. The van der Waals surface area contributed by atoms with Gasteiger partial charge in [-0.15, -0.1) is 0 Å². The number of anilines is 1. The van der Waals surface area contributed by atoms with Crippen LogP contribution in [0.1, 0.15) is 16.7 Å². The number of nitrogens with zero attached hydrogens (tertiary/aromatic N) is 2. The van der Waals surface area contributed by atoms with Crippen LogP contribution in [0.25, 0.3) is 16.6 Å². The number of nitrogens with two attached hydrogens (primary N) is 1. The van der Waals surface area contributed by atoms with Crippen LogP contribution in [0, 0.1) is 18.3 Å². The van der Waals surface area contributed by atoms with Crippen LogP contribution < -0.4 is 10.5 Å². The summed E-state index contributed by atoms with van der Waals surface area (Å²) >= 11 is 0. The summed E-state index contributed by atoms with van der Waals surface area (Å²) in [6.07, 6.45) is 1.84. The second kappa shape index (κ2) is 6.89. The third-order valence-corrected chi connectivity index (χ3v) is 4.69. The molecule has 4 rings (SSSR count). The number of rotatable bonds is 4. The number of nitriles is 1. The van der Waals surface area contributed by atoms with Crippen molar-refractivity contribution < 1.29 is 4.74 Å². The van der Waals surface area contributed by atoms with E-state index in [4.69, 9.17) is 10.5 Å². The molecule has 4 nitrogen and oxygen atoms in total. The van der Waals surface area contributed by atoms with E-state index in [1.54, 1.807) is 0 Å². The lowest BCUT2D eigenvalue weighted by Gasteiger charge is -2.10. The third kappa shape index (κ3) is 3.11. The maximum absolute atomic E-state index is 9.66. The molecular weight excluding hydrogens is 334 g/mol. The van der Waals surface area contributed by atoms with Gasteiger partial charge in [0.25, 0.3) is 0 Å². The SMILES string of the molecule is Cc1ccc(-n2cc(C#N)c3c(OCc4ccccc4)cccc32)cc1N. The van der Waals surface area contributed by atoms with Gasteiger partial charge in [-0.05, 0) is 42.3 Å². The number of ether oxygens (including phenoxy) is 1. The molecule has 0 spiro atoms. The second-order valence-corrected chi connectivity index (χ2v) is 6.49. The van der Waals surface area contributed by atoms with Crippen molar-refractivity contribution in [2.75, 3.05) is 5.73 Å². The van der Waals surface area contributed by atoms with E-state index in [-0.39, 0.29) is 0 Å². The van der Waals surface area contributed by atoms with Crippen molar-refractivity contribution in [3.05, 3.63) is 89.6 Å². The van der Waals surface area contributed by atoms with Gasteiger partial charge in [-0.1, -0.05) is 42.5 Å². The minimum absolute atomic E-state index is 0.452. The first-order valence-corrected chi connectivity index (χ1v) is 8.75. The lowest BCUT2D eigenvalue weighted by molar-refractivity contribution is 0.310. The van der Waals surface area contributed by atoms with E-state index in [1.807, 2.05) is 84.4 Å². The average Bonchev–Trinajstić information content (AvgIpc) is 3.09. The topological polar surface area (TPSA) is 64.0 Å². The maximum atomic E-state index is 9.66. The molecule has 1 aromatic heterocycles. The van der Waals surface area contributed by atoms with Gasteiger partial charge < -0.3 is 15.0 Å². The first-order chi connectivity index (χ1) is 13.2. The van der Waals surface area contributed by atoms with Gasteiger partial charge in [-0.25, -0.2) is 0 Å². The van der Waals surface area contributed by atoms with Crippen LogP contribution >= 0.6 is 0 Å². The lowest BCUT2D eigenvalue weighted by Crippen LogP contribution is -1.97. The maximum Gasteiger partial charge on any atom is 0.130 e. The Balaban J connectivity index is 1.80. The fraction of sp³-hybridized carbons (Fsp3) is 0.0870. The summed E-state index contributed by atoms with van der Waals surface area (Å²) in [5.41, 5.74) is 11.3. The summed E-state index contributed by atoms with van der Waals surface area (Å²) in [6.45, 7) is 2.43. The predicted octanol–water partition coefficient (Wildman–Crippen LogP) is 4.97. The summed E-state index contributed by atoms with van der Waals surface area (Å²) in [4.78, 5) is 0. The Labute approximate surface area is 158 Å². The zero-order valence-corrected chi connectivity index (χ0v) is 15.0. The van der Waals surface area contributed by atoms with Crippen LogP contribution in [-0.4, -0.2) is 4.57 Å². The molecule has 0 aliphatic rings. The van der Waals surface area contributed by atoms with Gasteiger partial charge in [-0.3, -0.25) is 0 Å². The van der Waals surface area contributed by atoms with E-state index in [9.17, 15) is 5.26 Å². The van der Waals surface area contributed by atoms with Crippen molar-refractivity contribution in [2.45, 2.75) is 13.5 Å². The Kier molecular flexibility index (Phi) is 4.27. The molecule has 2 N–H and O–H groups in total. The highest BCUT2D eigenvalue weighted by molar-refractivity contribution is 5.93. The fourth-order valence-corrected chi connectivity index (χ4v) is 3.19. The average molecular weight is 353 g/mol. The molecule has 3 aromatic carbocycles. The van der Waals surface area contributed by atoms with Crippen LogP contribution in [0.3, 0.4) is 0 Å². The van der Waals surface area contributed by atoms with Gasteiger partial charge in [0.05, 0.1) is 16.5 Å². The minimum Gasteiger partial charge on any atom is -0.488 e. The zero-order valence-electron chi connectivity index (χ0n) is 15.0. The van der Waals surface area contributed by atoms with Crippen molar-refractivity contribution in [1.29, 1.82) is 5.26 Å². The Morgan fingerprint density at radius 2 is 1.85 bits per heavy atom. The molecule has 4 aromatic rings. The summed E-state index contributed by atoms with van der Waals surface area (Å²) in [7, 11) is 0. The largest absolute Gasteiger partial charge is 0.488 e. The van der Waals surface area contributed by atoms with E-state index in [0.717, 1.165) is 33.4 Å². The molecule has 0 bridgehead atoms. The monoisotopic (exact) mass is 353 g/mol. The first kappa shape index (κ1) is 16.7. The van der Waals surface area contributed by atoms with Crippen molar-refractivity contribution in [1.82, 2.24) is 4.57 Å². The summed E-state index contributed by atoms with van der Waals surface area (Å²) in [5.74, 6) is 0.701. The third-order valence-electron chi connectivity index (χ3n) is 4.69. The minimum atomic E-state index is 0.452. The standard InChI is InChI=1S/C23H19N3O/c1-16-10-11-19(12-20(16)25)26-14-18(13-24)23-21(26)8-5-9-22(23)27-15-17-6-3-2-4-7-17/h2-12,14H,15,25H2,1H3. The predicted molar refractivity (Wildman–Crippen MR) is 108 cm³/mol. The van der Waals surface area contributed by atoms with E-state index >= 15 is 0 Å². The molecule has 27 heavy (non-hydrogen) atoms. The zero-order chi connectivity index (χ0) is 18.8. The molecule has 4 heteroatoms. The first-order valence-electron chi connectivity index (χ1n) is 8.75. The molecule has 0 unspecified atom stereocenters. The Bertz CT molecular complexity index is 1150. The Hall–Kier alpha value is -3.71. The van der Waals surface area contributed by atoms with Gasteiger partial charge in [0.15, 0.2) is 0 Å². The molecule has 0 saturated carbocycles. The molecule has 1 heterocycles. The molecule has 132 valence electrons. The van der Waals surface area contributed by atoms with Gasteiger partial charge in [0.2, 0.25) is 0 Å². The molecule has 0 radical (unpaired) electrons. The smallest absolute Gasteiger partial charge is 0.130 e. The van der Waals surface area contributed by atoms with Gasteiger partial charge in [0.1, 0.15) is 18.4 Å². The number of nitrogen functional groups attached to an aromatic ring is 1. The Morgan fingerprint density at radius 3 is 2.59 bits per heavy atom. The van der Waals surface area contributed by atoms with Crippen molar-refractivity contribution in [3.8, 4) is 17.5 Å². The normalized spacial score (nSPS) is 10.7. The summed E-state index contributed by atoms with van der Waals surface area (Å²) < 4.78 is 8.04. The van der Waals surface area contributed by atoms with Crippen LogP contribution in [0.15, 0.2) is 72.9 Å². The number of aromatic nitrogens is 1. The van der Waals surface area contributed by atoms with Crippen LogP contribution in [-0.2, 0) is 6.61 Å². The molecule has 0 fully saturated rings. The number of hydrogen-bond acceptors (Lipinski definition) is 3. The summed E-state index contributed by atoms with van der Waals surface area (Å²) in [6, 6.07) is 24.0. The van der Waals surface area contributed by atoms with E-state index < -0.39 is 0 Å². The lowest BCUT2D eigenvalue weighted by atomic mass is 10.1. The number of hydrogen-bond donors (Lipinski definition) is 1. The van der Waals surface area contributed by atoms with Crippen LogP contribution in [0.4, 0.5) is 5.69 Å². The van der Waals surface area contributed by atoms with Gasteiger partial charge in [0, 0.05) is 17.6 Å². The van der Waals surface area contributed by atoms with E-state index in [1.165, 1.54) is 0 Å². The van der Waals surface area contributed by atoms with Crippen LogP contribution in [0.5, 0.6) is 5.75 Å². The van der Waals surface area contributed by atoms with Gasteiger partial charge >= 0.3 is 0 Å². The molecule has 0 aliphatic heterocycles. The fourth-order valence-electron chi connectivity index (χ4n) is 3.19. The molecular formula is C23H19N3O. The van der Waals surface area contributed by atoms with Gasteiger partial charge in [-0.2, -0.15) is 5.26 Å². The molecule has 0 atom stereocenters.